The number of anilines is 1. The first-order chi connectivity index (χ1) is 4.86. The van der Waals surface area contributed by atoms with Crippen LogP contribution in [0.3, 0.4) is 0 Å². The van der Waals surface area contributed by atoms with Gasteiger partial charge in [0.15, 0.2) is 0 Å². The average molecular weight is 200 g/mol. The van der Waals surface area contributed by atoms with Crippen LogP contribution >= 0.6 is 0 Å². The summed E-state index contributed by atoms with van der Waals surface area (Å²) in [5, 5.41) is 0. The van der Waals surface area contributed by atoms with Crippen LogP contribution in [-0.4, -0.2) is 14.5 Å². The molecule has 1 aromatic rings. The molecule has 0 bridgehead atoms. The van der Waals surface area contributed by atoms with E-state index in [9.17, 15) is 0 Å². The Morgan fingerprint density at radius 1 is 1.30 bits per heavy atom. The number of fused-ring (bicyclic) bond motifs is 1. The van der Waals surface area contributed by atoms with E-state index >= 15 is 0 Å². The van der Waals surface area contributed by atoms with Crippen LogP contribution < -0.4 is 5.73 Å². The van der Waals surface area contributed by atoms with Crippen molar-refractivity contribution in [3.63, 3.8) is 0 Å². The van der Waals surface area contributed by atoms with Gasteiger partial charge >= 0.3 is 66.5 Å². The number of hydrogen-bond donors (Lipinski definition) is 1. The van der Waals surface area contributed by atoms with E-state index < -0.39 is 0 Å². The van der Waals surface area contributed by atoms with Crippen molar-refractivity contribution in [1.29, 1.82) is 0 Å². The first-order valence-electron chi connectivity index (χ1n) is 3.73. The van der Waals surface area contributed by atoms with Crippen LogP contribution in [0.2, 0.25) is 0 Å². The Bertz CT molecular complexity index is 216. The molecule has 0 saturated carbocycles. The van der Waals surface area contributed by atoms with Crippen LogP contribution in [0.25, 0.3) is 0 Å². The van der Waals surface area contributed by atoms with E-state index in [1.807, 2.05) is 0 Å². The molecule has 0 aliphatic heterocycles. The first-order valence-corrected chi connectivity index (χ1v) is 5.44. The summed E-state index contributed by atoms with van der Waals surface area (Å²) in [4.78, 5) is 0. The third kappa shape index (κ3) is 1.02. The second kappa shape index (κ2) is 2.44. The summed E-state index contributed by atoms with van der Waals surface area (Å²) in [7, 11) is 0. The van der Waals surface area contributed by atoms with E-state index in [4.69, 9.17) is 5.73 Å². The van der Waals surface area contributed by atoms with Gasteiger partial charge in [0, 0.05) is 0 Å². The molecule has 0 spiro atoms. The summed E-state index contributed by atoms with van der Waals surface area (Å²) in [5.41, 5.74) is 7.31. The van der Waals surface area contributed by atoms with Gasteiger partial charge in [0.25, 0.3) is 0 Å². The van der Waals surface area contributed by atoms with Crippen molar-refractivity contribution in [3.05, 3.63) is 16.1 Å². The van der Waals surface area contributed by atoms with Crippen molar-refractivity contribution in [2.45, 2.75) is 25.7 Å². The maximum absolute atomic E-state index is 5.74. The molecule has 0 radical (unpaired) electrons. The predicted molar refractivity (Wildman–Crippen MR) is 44.4 cm³/mol. The molecule has 1 aliphatic carbocycles. The Morgan fingerprint density at radius 2 is 2.10 bits per heavy atom. The summed E-state index contributed by atoms with van der Waals surface area (Å²) >= 11 is 0.537. The van der Waals surface area contributed by atoms with Gasteiger partial charge < -0.3 is 0 Å². The monoisotopic (exact) mass is 201 g/mol. The third-order valence-corrected chi connectivity index (χ3v) is 4.25. The van der Waals surface area contributed by atoms with Gasteiger partial charge in [-0.05, 0) is 0 Å². The van der Waals surface area contributed by atoms with Crippen LogP contribution in [-0.2, 0) is 12.8 Å². The maximum atomic E-state index is 5.74. The second-order valence-corrected chi connectivity index (χ2v) is 5.26. The minimum absolute atomic E-state index is 0.537. The van der Waals surface area contributed by atoms with E-state index in [1.54, 1.807) is 10.0 Å². The van der Waals surface area contributed by atoms with Crippen molar-refractivity contribution in [3.8, 4) is 0 Å². The fourth-order valence-corrected chi connectivity index (χ4v) is 3.66. The van der Waals surface area contributed by atoms with Gasteiger partial charge in [0.1, 0.15) is 0 Å². The summed E-state index contributed by atoms with van der Waals surface area (Å²) in [6, 6.07) is 2.20. The number of rotatable bonds is 0. The molecule has 2 heteroatoms. The summed E-state index contributed by atoms with van der Waals surface area (Å²) < 4.78 is 2.82. The fraction of sp³-hybridized carbons (Fsp3) is 0.500. The van der Waals surface area contributed by atoms with E-state index in [2.05, 4.69) is 6.07 Å². The zero-order chi connectivity index (χ0) is 6.97. The number of aryl methyl sites for hydroxylation is 2. The molecule has 54 valence electrons. The molecule has 0 saturated heterocycles. The molecule has 1 heterocycles. The van der Waals surface area contributed by atoms with Gasteiger partial charge in [-0.1, -0.05) is 0 Å². The minimum atomic E-state index is 0.537. The zero-order valence-corrected chi connectivity index (χ0v) is 7.60. The molecule has 0 amide bonds. The number of nitrogens with two attached hydrogens (primary N) is 1. The Hall–Kier alpha value is -0.201. The van der Waals surface area contributed by atoms with Gasteiger partial charge in [-0.3, -0.25) is 0 Å². The third-order valence-electron chi connectivity index (χ3n) is 2.02. The first kappa shape index (κ1) is 6.51. The number of nitrogen functional groups attached to an aromatic ring is 1. The van der Waals surface area contributed by atoms with Crippen molar-refractivity contribution in [2.75, 3.05) is 5.73 Å². The average Bonchev–Trinajstić information content (AvgIpc) is 2.27. The van der Waals surface area contributed by atoms with Gasteiger partial charge in [-0.15, -0.1) is 0 Å². The summed E-state index contributed by atoms with van der Waals surface area (Å²) in [6.07, 6.45) is 5.38. The SMILES string of the molecule is Nc1cc2c([se]1)CCCC2. The van der Waals surface area contributed by atoms with Gasteiger partial charge in [0.05, 0.1) is 0 Å². The van der Waals surface area contributed by atoms with Crippen LogP contribution in [0, 0.1) is 0 Å². The molecule has 0 fully saturated rings. The molecule has 1 nitrogen and oxygen atoms in total. The van der Waals surface area contributed by atoms with E-state index in [0.29, 0.717) is 14.5 Å². The van der Waals surface area contributed by atoms with Crippen molar-refractivity contribution < 1.29 is 0 Å². The van der Waals surface area contributed by atoms with Crippen LogP contribution in [0.5, 0.6) is 0 Å². The van der Waals surface area contributed by atoms with Gasteiger partial charge in [0.2, 0.25) is 0 Å². The standard InChI is InChI=1S/C8H11NSe/c9-8-5-6-3-1-2-4-7(6)10-8/h5H,1-4,9H2. The normalized spacial score (nSPS) is 16.8. The molecule has 10 heavy (non-hydrogen) atoms. The Morgan fingerprint density at radius 3 is 2.90 bits per heavy atom. The van der Waals surface area contributed by atoms with E-state index in [1.165, 1.54) is 25.7 Å². The Balaban J connectivity index is 2.41. The molecule has 1 aliphatic rings. The zero-order valence-electron chi connectivity index (χ0n) is 5.89. The summed E-state index contributed by atoms with van der Waals surface area (Å²) in [6.45, 7) is 0. The summed E-state index contributed by atoms with van der Waals surface area (Å²) in [5.74, 6) is 0. The van der Waals surface area contributed by atoms with Crippen LogP contribution in [0.4, 0.5) is 4.56 Å². The second-order valence-electron chi connectivity index (χ2n) is 2.80. The van der Waals surface area contributed by atoms with Gasteiger partial charge in [-0.2, -0.15) is 0 Å². The quantitative estimate of drug-likeness (QED) is 0.626. The van der Waals surface area contributed by atoms with Crippen LogP contribution in [0.15, 0.2) is 6.07 Å². The molecule has 0 aromatic carbocycles. The topological polar surface area (TPSA) is 26.0 Å². The van der Waals surface area contributed by atoms with E-state index in [-0.39, 0.29) is 0 Å². The molecular formula is C8H11NSe. The predicted octanol–water partition coefficient (Wildman–Crippen LogP) is 1.20. The fourth-order valence-electron chi connectivity index (χ4n) is 1.51. The van der Waals surface area contributed by atoms with Crippen molar-refractivity contribution in [1.82, 2.24) is 0 Å². The molecule has 0 atom stereocenters. The Kier molecular flexibility index (Phi) is 1.59. The van der Waals surface area contributed by atoms with Crippen molar-refractivity contribution >= 4 is 19.1 Å². The van der Waals surface area contributed by atoms with Crippen LogP contribution in [0.1, 0.15) is 22.8 Å². The van der Waals surface area contributed by atoms with Crippen molar-refractivity contribution in [2.24, 2.45) is 0 Å². The molecule has 0 unspecified atom stereocenters. The molecule has 2 N–H and O–H groups in total. The Labute approximate surface area is 67.0 Å². The van der Waals surface area contributed by atoms with E-state index in [0.717, 1.165) is 4.56 Å². The van der Waals surface area contributed by atoms with Gasteiger partial charge in [-0.25, -0.2) is 0 Å². The molecule has 1 aromatic heterocycles. The molecule has 2 rings (SSSR count). The number of hydrogen-bond acceptors (Lipinski definition) is 1. The molecular weight excluding hydrogens is 189 g/mol.